The van der Waals surface area contributed by atoms with Crippen molar-refractivity contribution in [2.75, 3.05) is 13.6 Å². The fourth-order valence-electron chi connectivity index (χ4n) is 1.79. The lowest BCUT2D eigenvalue weighted by molar-refractivity contribution is -0.130. The molecular formula is C14H19N3O2S. The number of carbonyl (C=O) groups excluding carboxylic acids is 1. The van der Waals surface area contributed by atoms with E-state index < -0.39 is 0 Å². The van der Waals surface area contributed by atoms with Crippen molar-refractivity contribution >= 4 is 17.2 Å². The topological polar surface area (TPSA) is 59.2 Å². The summed E-state index contributed by atoms with van der Waals surface area (Å²) in [6.45, 7) is 2.92. The van der Waals surface area contributed by atoms with Crippen LogP contribution in [-0.2, 0) is 11.2 Å². The van der Waals surface area contributed by atoms with Gasteiger partial charge in [-0.3, -0.25) is 4.79 Å². The first-order valence-electron chi connectivity index (χ1n) is 6.79. The van der Waals surface area contributed by atoms with Gasteiger partial charge in [-0.2, -0.15) is 16.3 Å². The van der Waals surface area contributed by atoms with Gasteiger partial charge >= 0.3 is 0 Å². The number of nitrogens with zero attached hydrogens (tertiary/aromatic N) is 3. The molecule has 0 bridgehead atoms. The highest BCUT2D eigenvalue weighted by Crippen LogP contribution is 2.19. The van der Waals surface area contributed by atoms with Crippen LogP contribution in [0.1, 0.15) is 32.1 Å². The second-order valence-electron chi connectivity index (χ2n) is 4.69. The van der Waals surface area contributed by atoms with Crippen molar-refractivity contribution in [1.82, 2.24) is 15.0 Å². The first-order valence-corrected chi connectivity index (χ1v) is 7.74. The molecule has 2 heterocycles. The molecule has 0 aliphatic heterocycles. The summed E-state index contributed by atoms with van der Waals surface area (Å²) in [6.07, 6.45) is 3.02. The van der Waals surface area contributed by atoms with Crippen LogP contribution < -0.4 is 0 Å². The Balaban J connectivity index is 1.84. The van der Waals surface area contributed by atoms with Gasteiger partial charge in [-0.05, 0) is 17.9 Å². The smallest absolute Gasteiger partial charge is 0.227 e. The SMILES string of the molecule is CCCCN(C)C(=O)CCc1nc(-c2ccsc2)no1. The standard InChI is InChI=1S/C14H19N3O2S/c1-3-4-8-17(2)13(18)6-5-12-15-14(16-19-12)11-7-9-20-10-11/h7,9-10H,3-6,8H2,1-2H3. The molecule has 2 aromatic rings. The normalized spacial score (nSPS) is 10.7. The monoisotopic (exact) mass is 293 g/mol. The van der Waals surface area contributed by atoms with Crippen LogP contribution in [0.4, 0.5) is 0 Å². The van der Waals surface area contributed by atoms with Gasteiger partial charge in [0, 0.05) is 37.4 Å². The molecule has 0 N–H and O–H groups in total. The minimum Gasteiger partial charge on any atom is -0.346 e. The van der Waals surface area contributed by atoms with Crippen molar-refractivity contribution in [2.45, 2.75) is 32.6 Å². The molecule has 6 heteroatoms. The number of amides is 1. The molecule has 0 fully saturated rings. The highest BCUT2D eigenvalue weighted by molar-refractivity contribution is 7.08. The third kappa shape index (κ3) is 3.90. The van der Waals surface area contributed by atoms with Gasteiger partial charge in [0.25, 0.3) is 0 Å². The fraction of sp³-hybridized carbons (Fsp3) is 0.500. The summed E-state index contributed by atoms with van der Waals surface area (Å²) >= 11 is 1.59. The van der Waals surface area contributed by atoms with Gasteiger partial charge in [0.15, 0.2) is 0 Å². The maximum atomic E-state index is 11.9. The van der Waals surface area contributed by atoms with Gasteiger partial charge < -0.3 is 9.42 Å². The predicted molar refractivity (Wildman–Crippen MR) is 78.5 cm³/mol. The number of aryl methyl sites for hydroxylation is 1. The largest absolute Gasteiger partial charge is 0.346 e. The number of rotatable bonds is 7. The van der Waals surface area contributed by atoms with Crippen LogP contribution >= 0.6 is 11.3 Å². The van der Waals surface area contributed by atoms with Crippen molar-refractivity contribution < 1.29 is 9.32 Å². The zero-order valence-corrected chi connectivity index (χ0v) is 12.7. The molecule has 2 aromatic heterocycles. The zero-order chi connectivity index (χ0) is 14.4. The summed E-state index contributed by atoms with van der Waals surface area (Å²) in [4.78, 5) is 18.0. The molecule has 0 unspecified atom stereocenters. The number of hydrogen-bond donors (Lipinski definition) is 0. The minimum absolute atomic E-state index is 0.119. The summed E-state index contributed by atoms with van der Waals surface area (Å²) in [5, 5.41) is 7.87. The van der Waals surface area contributed by atoms with Crippen LogP contribution in [0, 0.1) is 0 Å². The Hall–Kier alpha value is -1.69. The van der Waals surface area contributed by atoms with Crippen LogP contribution in [0.3, 0.4) is 0 Å². The lowest BCUT2D eigenvalue weighted by Gasteiger charge is -2.15. The lowest BCUT2D eigenvalue weighted by atomic mass is 10.2. The molecule has 0 aliphatic rings. The molecule has 0 saturated heterocycles. The van der Waals surface area contributed by atoms with Crippen LogP contribution in [0.15, 0.2) is 21.3 Å². The Labute approximate surface area is 122 Å². The van der Waals surface area contributed by atoms with E-state index in [2.05, 4.69) is 17.1 Å². The molecule has 108 valence electrons. The Kier molecular flexibility index (Phi) is 5.29. The van der Waals surface area contributed by atoms with Gasteiger partial charge in [-0.1, -0.05) is 18.5 Å². The Morgan fingerprint density at radius 2 is 2.35 bits per heavy atom. The molecule has 1 amide bonds. The van der Waals surface area contributed by atoms with Gasteiger partial charge in [0.2, 0.25) is 17.6 Å². The number of carbonyl (C=O) groups is 1. The van der Waals surface area contributed by atoms with E-state index in [0.29, 0.717) is 24.6 Å². The molecular weight excluding hydrogens is 274 g/mol. The Bertz CT molecular complexity index is 536. The molecule has 0 radical (unpaired) electrons. The van der Waals surface area contributed by atoms with Crippen molar-refractivity contribution in [2.24, 2.45) is 0 Å². The average Bonchev–Trinajstić information content (AvgIpc) is 3.12. The number of unbranched alkanes of at least 4 members (excludes halogenated alkanes) is 1. The predicted octanol–water partition coefficient (Wildman–Crippen LogP) is 2.99. The summed E-state index contributed by atoms with van der Waals surface area (Å²) in [6, 6.07) is 1.95. The maximum absolute atomic E-state index is 11.9. The van der Waals surface area contributed by atoms with Crippen molar-refractivity contribution in [3.63, 3.8) is 0 Å². The van der Waals surface area contributed by atoms with Gasteiger partial charge in [-0.25, -0.2) is 0 Å². The van der Waals surface area contributed by atoms with Crippen molar-refractivity contribution in [3.05, 3.63) is 22.7 Å². The highest BCUT2D eigenvalue weighted by Gasteiger charge is 2.13. The molecule has 2 rings (SSSR count). The van der Waals surface area contributed by atoms with E-state index in [9.17, 15) is 4.79 Å². The third-order valence-corrected chi connectivity index (χ3v) is 3.76. The maximum Gasteiger partial charge on any atom is 0.227 e. The average molecular weight is 293 g/mol. The van der Waals surface area contributed by atoms with Crippen LogP contribution in [0.5, 0.6) is 0 Å². The first-order chi connectivity index (χ1) is 9.70. The molecule has 5 nitrogen and oxygen atoms in total. The summed E-state index contributed by atoms with van der Waals surface area (Å²) in [5.41, 5.74) is 0.955. The molecule has 0 saturated carbocycles. The van der Waals surface area contributed by atoms with Crippen LogP contribution in [0.2, 0.25) is 0 Å². The van der Waals surface area contributed by atoms with Crippen LogP contribution in [0.25, 0.3) is 11.4 Å². The quantitative estimate of drug-likeness (QED) is 0.787. The summed E-state index contributed by atoms with van der Waals surface area (Å²) in [7, 11) is 1.84. The fourth-order valence-corrected chi connectivity index (χ4v) is 2.42. The van der Waals surface area contributed by atoms with Gasteiger partial charge in [0.1, 0.15) is 0 Å². The highest BCUT2D eigenvalue weighted by atomic mass is 32.1. The molecule has 20 heavy (non-hydrogen) atoms. The van der Waals surface area contributed by atoms with E-state index in [1.54, 1.807) is 16.2 Å². The minimum atomic E-state index is 0.119. The number of hydrogen-bond acceptors (Lipinski definition) is 5. The van der Waals surface area contributed by atoms with Gasteiger partial charge in [-0.15, -0.1) is 0 Å². The van der Waals surface area contributed by atoms with E-state index in [1.165, 1.54) is 0 Å². The van der Waals surface area contributed by atoms with E-state index in [4.69, 9.17) is 4.52 Å². The molecule has 0 spiro atoms. The molecule has 0 atom stereocenters. The number of thiophene rings is 1. The third-order valence-electron chi connectivity index (χ3n) is 3.07. The van der Waals surface area contributed by atoms with Crippen molar-refractivity contribution in [3.8, 4) is 11.4 Å². The van der Waals surface area contributed by atoms with Gasteiger partial charge in [0.05, 0.1) is 0 Å². The summed E-state index contributed by atoms with van der Waals surface area (Å²) in [5.74, 6) is 1.23. The van der Waals surface area contributed by atoms with E-state index >= 15 is 0 Å². The second kappa shape index (κ2) is 7.19. The van der Waals surface area contributed by atoms with E-state index in [-0.39, 0.29) is 5.91 Å². The molecule has 0 aromatic carbocycles. The van der Waals surface area contributed by atoms with E-state index in [0.717, 1.165) is 24.9 Å². The van der Waals surface area contributed by atoms with Crippen molar-refractivity contribution in [1.29, 1.82) is 0 Å². The van der Waals surface area contributed by atoms with E-state index in [1.807, 2.05) is 23.9 Å². The Morgan fingerprint density at radius 3 is 3.05 bits per heavy atom. The second-order valence-corrected chi connectivity index (χ2v) is 5.47. The Morgan fingerprint density at radius 1 is 1.50 bits per heavy atom. The summed E-state index contributed by atoms with van der Waals surface area (Å²) < 4.78 is 5.17. The zero-order valence-electron chi connectivity index (χ0n) is 11.8. The van der Waals surface area contributed by atoms with Crippen LogP contribution in [-0.4, -0.2) is 34.5 Å². The first kappa shape index (κ1) is 14.7. The number of aromatic nitrogens is 2. The lowest BCUT2D eigenvalue weighted by Crippen LogP contribution is -2.27. The molecule has 0 aliphatic carbocycles.